The molecule has 0 spiro atoms. The molecule has 0 heterocycles. The SMILES string of the molecule is CCOc1ccc(NC(=O)CN(C)c2ccc([N+](=O)[O-])cc2C#N)cc1OCC. The summed E-state index contributed by atoms with van der Waals surface area (Å²) < 4.78 is 11.0. The highest BCUT2D eigenvalue weighted by Gasteiger charge is 2.16. The molecular formula is C20H22N4O5. The minimum absolute atomic E-state index is 0.0519. The molecule has 9 heteroatoms. The van der Waals surface area contributed by atoms with Gasteiger partial charge in [-0.05, 0) is 32.0 Å². The maximum Gasteiger partial charge on any atom is 0.270 e. The lowest BCUT2D eigenvalue weighted by atomic mass is 10.1. The van der Waals surface area contributed by atoms with Gasteiger partial charge in [0.2, 0.25) is 5.91 Å². The number of carbonyl (C=O) groups excluding carboxylic acids is 1. The number of non-ortho nitro benzene ring substituents is 1. The number of hydrogen-bond acceptors (Lipinski definition) is 7. The lowest BCUT2D eigenvalue weighted by molar-refractivity contribution is -0.384. The molecule has 1 N–H and O–H groups in total. The van der Waals surface area contributed by atoms with Crippen LogP contribution in [0.25, 0.3) is 0 Å². The summed E-state index contributed by atoms with van der Waals surface area (Å²) in [5.74, 6) is 0.804. The quantitative estimate of drug-likeness (QED) is 0.508. The van der Waals surface area contributed by atoms with Gasteiger partial charge in [0.1, 0.15) is 6.07 Å². The molecule has 0 bridgehead atoms. The normalized spacial score (nSPS) is 10.0. The fraction of sp³-hybridized carbons (Fsp3) is 0.300. The van der Waals surface area contributed by atoms with Crippen LogP contribution in [0.2, 0.25) is 0 Å². The van der Waals surface area contributed by atoms with E-state index >= 15 is 0 Å². The number of amides is 1. The van der Waals surface area contributed by atoms with Crippen LogP contribution >= 0.6 is 0 Å². The number of rotatable bonds is 9. The van der Waals surface area contributed by atoms with E-state index in [4.69, 9.17) is 9.47 Å². The van der Waals surface area contributed by atoms with Gasteiger partial charge in [-0.1, -0.05) is 0 Å². The number of likely N-dealkylation sites (N-methyl/N-ethyl adjacent to an activating group) is 1. The molecule has 29 heavy (non-hydrogen) atoms. The zero-order valence-corrected chi connectivity index (χ0v) is 16.5. The van der Waals surface area contributed by atoms with Gasteiger partial charge in [-0.25, -0.2) is 0 Å². The van der Waals surface area contributed by atoms with Crippen molar-refractivity contribution >= 4 is 23.0 Å². The van der Waals surface area contributed by atoms with E-state index in [1.807, 2.05) is 19.9 Å². The second-order valence-corrected chi connectivity index (χ2v) is 6.00. The minimum atomic E-state index is -0.570. The van der Waals surface area contributed by atoms with Crippen molar-refractivity contribution in [3.63, 3.8) is 0 Å². The molecule has 0 fully saturated rings. The summed E-state index contributed by atoms with van der Waals surface area (Å²) >= 11 is 0. The van der Waals surface area contributed by atoms with Gasteiger partial charge in [0.05, 0.1) is 35.9 Å². The van der Waals surface area contributed by atoms with Gasteiger partial charge in [-0.2, -0.15) is 5.26 Å². The van der Waals surface area contributed by atoms with Crippen molar-refractivity contribution < 1.29 is 19.2 Å². The van der Waals surface area contributed by atoms with E-state index in [2.05, 4.69) is 5.32 Å². The fourth-order valence-electron chi connectivity index (χ4n) is 2.69. The molecule has 0 unspecified atom stereocenters. The highest BCUT2D eigenvalue weighted by molar-refractivity contribution is 5.94. The van der Waals surface area contributed by atoms with Gasteiger partial charge in [0, 0.05) is 30.9 Å². The third kappa shape index (κ3) is 5.59. The summed E-state index contributed by atoms with van der Waals surface area (Å²) in [4.78, 5) is 24.3. The molecule has 2 rings (SSSR count). The third-order valence-electron chi connectivity index (χ3n) is 3.93. The van der Waals surface area contributed by atoms with Crippen LogP contribution in [0.5, 0.6) is 11.5 Å². The van der Waals surface area contributed by atoms with Crippen molar-refractivity contribution in [2.45, 2.75) is 13.8 Å². The molecule has 0 aliphatic rings. The summed E-state index contributed by atoms with van der Waals surface area (Å²) in [6.45, 7) is 4.62. The van der Waals surface area contributed by atoms with Gasteiger partial charge in [-0.3, -0.25) is 14.9 Å². The van der Waals surface area contributed by atoms with Crippen LogP contribution < -0.4 is 19.7 Å². The largest absolute Gasteiger partial charge is 0.490 e. The van der Waals surface area contributed by atoms with Gasteiger partial charge in [0.25, 0.3) is 5.69 Å². The third-order valence-corrected chi connectivity index (χ3v) is 3.93. The molecule has 9 nitrogen and oxygen atoms in total. The lowest BCUT2D eigenvalue weighted by Gasteiger charge is -2.20. The van der Waals surface area contributed by atoms with Gasteiger partial charge in [-0.15, -0.1) is 0 Å². The smallest absolute Gasteiger partial charge is 0.270 e. The molecule has 1 amide bonds. The molecule has 0 atom stereocenters. The number of nitrogens with one attached hydrogen (secondary N) is 1. The van der Waals surface area contributed by atoms with E-state index in [0.717, 1.165) is 0 Å². The average molecular weight is 398 g/mol. The Labute approximate surface area is 168 Å². The first-order valence-corrected chi connectivity index (χ1v) is 8.98. The number of nitriles is 1. The number of carbonyl (C=O) groups is 1. The highest BCUT2D eigenvalue weighted by Crippen LogP contribution is 2.30. The van der Waals surface area contributed by atoms with Crippen LogP contribution in [-0.4, -0.2) is 37.6 Å². The number of anilines is 2. The molecule has 0 radical (unpaired) electrons. The van der Waals surface area contributed by atoms with Crippen LogP contribution in [0.15, 0.2) is 36.4 Å². The van der Waals surface area contributed by atoms with Crippen molar-refractivity contribution in [1.82, 2.24) is 0 Å². The van der Waals surface area contributed by atoms with E-state index in [-0.39, 0.29) is 23.7 Å². The topological polar surface area (TPSA) is 118 Å². The minimum Gasteiger partial charge on any atom is -0.490 e. The van der Waals surface area contributed by atoms with Crippen molar-refractivity contribution in [2.75, 3.05) is 37.0 Å². The van der Waals surface area contributed by atoms with Crippen molar-refractivity contribution in [1.29, 1.82) is 5.26 Å². The van der Waals surface area contributed by atoms with Gasteiger partial charge in [0.15, 0.2) is 11.5 Å². The summed E-state index contributed by atoms with van der Waals surface area (Å²) in [7, 11) is 1.63. The zero-order chi connectivity index (χ0) is 21.4. The zero-order valence-electron chi connectivity index (χ0n) is 16.5. The average Bonchev–Trinajstić information content (AvgIpc) is 2.69. The van der Waals surface area contributed by atoms with Crippen LogP contribution in [0.4, 0.5) is 17.1 Å². The molecule has 2 aromatic rings. The second-order valence-electron chi connectivity index (χ2n) is 6.00. The maximum atomic E-state index is 12.4. The Morgan fingerprint density at radius 3 is 2.48 bits per heavy atom. The Kier molecular flexibility index (Phi) is 7.37. The van der Waals surface area contributed by atoms with Crippen molar-refractivity contribution in [3.05, 3.63) is 52.1 Å². The van der Waals surface area contributed by atoms with Crippen LogP contribution in [0, 0.1) is 21.4 Å². The molecule has 0 saturated carbocycles. The number of ether oxygens (including phenoxy) is 2. The Morgan fingerprint density at radius 1 is 1.17 bits per heavy atom. The van der Waals surface area contributed by atoms with E-state index in [1.54, 1.807) is 30.1 Å². The first-order chi connectivity index (χ1) is 13.9. The predicted octanol–water partition coefficient (Wildman–Crippen LogP) is 3.34. The standard InChI is InChI=1S/C20H22N4O5/c1-4-28-18-9-6-15(11-19(18)29-5-2)22-20(25)13-23(3)17-8-7-16(24(26)27)10-14(17)12-21/h6-11H,4-5,13H2,1-3H3,(H,22,25). The van der Waals surface area contributed by atoms with Crippen LogP contribution in [0.3, 0.4) is 0 Å². The summed E-state index contributed by atoms with van der Waals surface area (Å²) in [6, 6.07) is 11.0. The molecular weight excluding hydrogens is 376 g/mol. The van der Waals surface area contributed by atoms with E-state index in [1.165, 1.54) is 18.2 Å². The summed E-state index contributed by atoms with van der Waals surface area (Å²) in [5, 5.41) is 22.9. The van der Waals surface area contributed by atoms with Crippen LogP contribution in [-0.2, 0) is 4.79 Å². The first kappa shape index (κ1) is 21.5. The summed E-state index contributed by atoms with van der Waals surface area (Å²) in [5.41, 5.74) is 0.907. The maximum absolute atomic E-state index is 12.4. The Bertz CT molecular complexity index is 939. The monoisotopic (exact) mass is 398 g/mol. The van der Waals surface area contributed by atoms with Crippen molar-refractivity contribution in [2.24, 2.45) is 0 Å². The van der Waals surface area contributed by atoms with Gasteiger partial charge < -0.3 is 19.7 Å². The van der Waals surface area contributed by atoms with E-state index in [9.17, 15) is 20.2 Å². The number of hydrogen-bond donors (Lipinski definition) is 1. The van der Waals surface area contributed by atoms with Gasteiger partial charge >= 0.3 is 0 Å². The fourth-order valence-corrected chi connectivity index (χ4v) is 2.69. The number of benzene rings is 2. The molecule has 2 aromatic carbocycles. The first-order valence-electron chi connectivity index (χ1n) is 8.98. The Hall–Kier alpha value is -3.80. The molecule has 0 saturated heterocycles. The lowest BCUT2D eigenvalue weighted by Crippen LogP contribution is -2.30. The number of nitro groups is 1. The predicted molar refractivity (Wildman–Crippen MR) is 108 cm³/mol. The highest BCUT2D eigenvalue weighted by atomic mass is 16.6. The molecule has 152 valence electrons. The summed E-state index contributed by atoms with van der Waals surface area (Å²) in [6.07, 6.45) is 0. The Morgan fingerprint density at radius 2 is 1.86 bits per heavy atom. The Balaban J connectivity index is 2.12. The number of nitro benzene ring substituents is 1. The molecule has 0 aliphatic carbocycles. The van der Waals surface area contributed by atoms with Crippen LogP contribution in [0.1, 0.15) is 19.4 Å². The van der Waals surface area contributed by atoms with E-state index < -0.39 is 4.92 Å². The van der Waals surface area contributed by atoms with E-state index in [0.29, 0.717) is 36.1 Å². The molecule has 0 aromatic heterocycles. The second kappa shape index (κ2) is 9.94. The molecule has 0 aliphatic heterocycles. The number of nitrogens with zero attached hydrogens (tertiary/aromatic N) is 3. The van der Waals surface area contributed by atoms with Crippen molar-refractivity contribution in [3.8, 4) is 17.6 Å².